The van der Waals surface area contributed by atoms with E-state index in [0.717, 1.165) is 24.4 Å². The van der Waals surface area contributed by atoms with Crippen molar-refractivity contribution in [1.29, 1.82) is 0 Å². The van der Waals surface area contributed by atoms with Crippen molar-refractivity contribution in [3.05, 3.63) is 23.8 Å². The second-order valence-corrected chi connectivity index (χ2v) is 4.88. The van der Waals surface area contributed by atoms with E-state index >= 15 is 0 Å². The van der Waals surface area contributed by atoms with E-state index < -0.39 is 0 Å². The van der Waals surface area contributed by atoms with Gasteiger partial charge in [0, 0.05) is 18.3 Å². The summed E-state index contributed by atoms with van der Waals surface area (Å²) < 4.78 is 5.20. The standard InChI is InChI=1S/C14H20N2O2/c1-9(10(2)15)14(17)16-7-6-11-8-12(18-3)4-5-13(11)16/h4-5,8-10H,6-7,15H2,1-3H3. The van der Waals surface area contributed by atoms with E-state index in [4.69, 9.17) is 10.5 Å². The van der Waals surface area contributed by atoms with Crippen LogP contribution in [-0.2, 0) is 11.2 Å². The molecule has 1 aliphatic rings. The zero-order valence-electron chi connectivity index (χ0n) is 11.1. The van der Waals surface area contributed by atoms with Crippen LogP contribution in [0.2, 0.25) is 0 Å². The summed E-state index contributed by atoms with van der Waals surface area (Å²) in [5.41, 5.74) is 7.96. The monoisotopic (exact) mass is 248 g/mol. The minimum absolute atomic E-state index is 0.105. The molecule has 2 N–H and O–H groups in total. The van der Waals surface area contributed by atoms with Crippen LogP contribution in [0.3, 0.4) is 0 Å². The lowest BCUT2D eigenvalue weighted by molar-refractivity contribution is -0.122. The van der Waals surface area contributed by atoms with Crippen molar-refractivity contribution in [2.24, 2.45) is 11.7 Å². The highest BCUT2D eigenvalue weighted by atomic mass is 16.5. The summed E-state index contributed by atoms with van der Waals surface area (Å²) in [6.45, 7) is 4.49. The quantitative estimate of drug-likeness (QED) is 0.883. The third kappa shape index (κ3) is 2.20. The van der Waals surface area contributed by atoms with Crippen molar-refractivity contribution < 1.29 is 9.53 Å². The highest BCUT2D eigenvalue weighted by Gasteiger charge is 2.29. The highest BCUT2D eigenvalue weighted by Crippen LogP contribution is 2.32. The number of carbonyl (C=O) groups excluding carboxylic acids is 1. The third-order valence-corrected chi connectivity index (χ3v) is 3.63. The smallest absolute Gasteiger partial charge is 0.231 e. The van der Waals surface area contributed by atoms with Crippen molar-refractivity contribution >= 4 is 11.6 Å². The Balaban J connectivity index is 2.24. The van der Waals surface area contributed by atoms with Crippen molar-refractivity contribution in [1.82, 2.24) is 0 Å². The van der Waals surface area contributed by atoms with Gasteiger partial charge in [-0.1, -0.05) is 6.92 Å². The topological polar surface area (TPSA) is 55.6 Å². The molecule has 0 bridgehead atoms. The van der Waals surface area contributed by atoms with Gasteiger partial charge in [-0.15, -0.1) is 0 Å². The zero-order chi connectivity index (χ0) is 13.3. The molecule has 4 nitrogen and oxygen atoms in total. The first kappa shape index (κ1) is 12.9. The average molecular weight is 248 g/mol. The Bertz CT molecular complexity index is 457. The molecule has 2 rings (SSSR count). The Morgan fingerprint density at radius 3 is 2.78 bits per heavy atom. The van der Waals surface area contributed by atoms with Crippen LogP contribution in [0, 0.1) is 5.92 Å². The lowest BCUT2D eigenvalue weighted by atomic mass is 10.0. The van der Waals surface area contributed by atoms with E-state index in [-0.39, 0.29) is 17.9 Å². The molecule has 2 atom stereocenters. The van der Waals surface area contributed by atoms with Crippen LogP contribution in [-0.4, -0.2) is 25.6 Å². The first-order valence-corrected chi connectivity index (χ1v) is 6.28. The highest BCUT2D eigenvalue weighted by molar-refractivity contribution is 5.97. The number of anilines is 1. The first-order valence-electron chi connectivity index (χ1n) is 6.28. The SMILES string of the molecule is COc1ccc2c(c1)CCN2C(=O)C(C)C(C)N. The zero-order valence-corrected chi connectivity index (χ0v) is 11.1. The number of benzene rings is 1. The van der Waals surface area contributed by atoms with E-state index in [1.807, 2.05) is 36.9 Å². The average Bonchev–Trinajstić information content (AvgIpc) is 2.79. The second kappa shape index (κ2) is 4.98. The molecule has 0 aromatic heterocycles. The maximum atomic E-state index is 12.3. The molecule has 2 unspecified atom stereocenters. The van der Waals surface area contributed by atoms with Crippen LogP contribution >= 0.6 is 0 Å². The van der Waals surface area contributed by atoms with E-state index in [1.54, 1.807) is 7.11 Å². The van der Waals surface area contributed by atoms with Crippen molar-refractivity contribution in [3.8, 4) is 5.75 Å². The molecule has 98 valence electrons. The molecular formula is C14H20N2O2. The molecule has 1 heterocycles. The summed E-state index contributed by atoms with van der Waals surface area (Å²) in [7, 11) is 1.65. The molecule has 1 aromatic rings. The normalized spacial score (nSPS) is 17.2. The number of ether oxygens (including phenoxy) is 1. The molecule has 0 aliphatic carbocycles. The molecule has 4 heteroatoms. The van der Waals surface area contributed by atoms with Crippen molar-refractivity contribution in [2.45, 2.75) is 26.3 Å². The fraction of sp³-hybridized carbons (Fsp3) is 0.500. The van der Waals surface area contributed by atoms with Gasteiger partial charge in [-0.05, 0) is 37.1 Å². The van der Waals surface area contributed by atoms with Gasteiger partial charge in [0.25, 0.3) is 0 Å². The number of nitrogens with zero attached hydrogens (tertiary/aromatic N) is 1. The lowest BCUT2D eigenvalue weighted by Gasteiger charge is -2.23. The Kier molecular flexibility index (Phi) is 3.57. The fourth-order valence-electron chi connectivity index (χ4n) is 2.20. The van der Waals surface area contributed by atoms with E-state index in [0.29, 0.717) is 0 Å². The maximum Gasteiger partial charge on any atom is 0.231 e. The Labute approximate surface area is 108 Å². The third-order valence-electron chi connectivity index (χ3n) is 3.63. The molecule has 0 saturated heterocycles. The van der Waals surface area contributed by atoms with Gasteiger partial charge >= 0.3 is 0 Å². The predicted octanol–water partition coefficient (Wildman–Crippen LogP) is 1.57. The van der Waals surface area contributed by atoms with Gasteiger partial charge < -0.3 is 15.4 Å². The molecule has 1 aromatic carbocycles. The van der Waals surface area contributed by atoms with Crippen LogP contribution in [0.5, 0.6) is 5.75 Å². The molecule has 1 amide bonds. The summed E-state index contributed by atoms with van der Waals surface area (Å²) >= 11 is 0. The molecule has 0 radical (unpaired) electrons. The van der Waals surface area contributed by atoms with Gasteiger partial charge in [-0.2, -0.15) is 0 Å². The number of rotatable bonds is 3. The summed E-state index contributed by atoms with van der Waals surface area (Å²) in [6, 6.07) is 5.72. The van der Waals surface area contributed by atoms with Gasteiger partial charge in [0.05, 0.1) is 13.0 Å². The number of methoxy groups -OCH3 is 1. The molecule has 1 aliphatic heterocycles. The summed E-state index contributed by atoms with van der Waals surface area (Å²) in [5, 5.41) is 0. The van der Waals surface area contributed by atoms with Gasteiger partial charge in [0.2, 0.25) is 5.91 Å². The van der Waals surface area contributed by atoms with Gasteiger partial charge in [-0.25, -0.2) is 0 Å². The minimum Gasteiger partial charge on any atom is -0.497 e. The van der Waals surface area contributed by atoms with Crippen LogP contribution in [0.4, 0.5) is 5.69 Å². The number of amides is 1. The van der Waals surface area contributed by atoms with E-state index in [1.165, 1.54) is 5.56 Å². The van der Waals surface area contributed by atoms with Crippen molar-refractivity contribution in [2.75, 3.05) is 18.6 Å². The van der Waals surface area contributed by atoms with Crippen LogP contribution < -0.4 is 15.4 Å². The lowest BCUT2D eigenvalue weighted by Crippen LogP contribution is -2.41. The Morgan fingerprint density at radius 2 is 2.17 bits per heavy atom. The Hall–Kier alpha value is -1.55. The number of hydrogen-bond acceptors (Lipinski definition) is 3. The molecule has 0 fully saturated rings. The van der Waals surface area contributed by atoms with Crippen LogP contribution in [0.1, 0.15) is 19.4 Å². The minimum atomic E-state index is -0.155. The summed E-state index contributed by atoms with van der Waals surface area (Å²) in [4.78, 5) is 14.2. The fourth-order valence-corrected chi connectivity index (χ4v) is 2.20. The molecule has 0 spiro atoms. The van der Waals surface area contributed by atoms with E-state index in [9.17, 15) is 4.79 Å². The molecule has 18 heavy (non-hydrogen) atoms. The van der Waals surface area contributed by atoms with Crippen LogP contribution in [0.25, 0.3) is 0 Å². The van der Waals surface area contributed by atoms with Gasteiger partial charge in [0.1, 0.15) is 5.75 Å². The first-order chi connectivity index (χ1) is 8.54. The molecule has 0 saturated carbocycles. The maximum absolute atomic E-state index is 12.3. The van der Waals surface area contributed by atoms with Crippen LogP contribution in [0.15, 0.2) is 18.2 Å². The number of fused-ring (bicyclic) bond motifs is 1. The number of nitrogens with two attached hydrogens (primary N) is 1. The summed E-state index contributed by atoms with van der Waals surface area (Å²) in [6.07, 6.45) is 0.879. The van der Waals surface area contributed by atoms with Gasteiger partial charge in [0.15, 0.2) is 0 Å². The largest absolute Gasteiger partial charge is 0.497 e. The van der Waals surface area contributed by atoms with Crippen molar-refractivity contribution in [3.63, 3.8) is 0 Å². The Morgan fingerprint density at radius 1 is 1.44 bits per heavy atom. The molecular weight excluding hydrogens is 228 g/mol. The predicted molar refractivity (Wildman–Crippen MR) is 71.9 cm³/mol. The number of hydrogen-bond donors (Lipinski definition) is 1. The van der Waals surface area contributed by atoms with Gasteiger partial charge in [-0.3, -0.25) is 4.79 Å². The summed E-state index contributed by atoms with van der Waals surface area (Å²) in [5.74, 6) is 0.787. The number of carbonyl (C=O) groups is 1. The van der Waals surface area contributed by atoms with E-state index in [2.05, 4.69) is 0 Å². The second-order valence-electron chi connectivity index (χ2n) is 4.88.